The SMILES string of the molecule is Cc1ccc(CSCCCC[S+](C)[O-])cc1. The van der Waals surface area contributed by atoms with Gasteiger partial charge in [0.1, 0.15) is 5.75 Å². The highest BCUT2D eigenvalue weighted by Gasteiger charge is 1.97. The first kappa shape index (κ1) is 13.9. The van der Waals surface area contributed by atoms with Crippen molar-refractivity contribution >= 4 is 22.9 Å². The van der Waals surface area contributed by atoms with Crippen LogP contribution in [0.25, 0.3) is 0 Å². The van der Waals surface area contributed by atoms with Crippen LogP contribution in [0.1, 0.15) is 24.0 Å². The first-order valence-electron chi connectivity index (χ1n) is 5.62. The Morgan fingerprint density at radius 3 is 2.50 bits per heavy atom. The second-order valence-corrected chi connectivity index (χ2v) is 6.68. The van der Waals surface area contributed by atoms with E-state index in [0.29, 0.717) is 0 Å². The molecule has 1 unspecified atom stereocenters. The molecule has 1 nitrogen and oxygen atoms in total. The van der Waals surface area contributed by atoms with Gasteiger partial charge in [-0.05, 0) is 31.1 Å². The number of unbranched alkanes of at least 4 members (excludes halogenated alkanes) is 1. The summed E-state index contributed by atoms with van der Waals surface area (Å²) in [6, 6.07) is 8.72. The molecule has 0 amide bonds. The highest BCUT2D eigenvalue weighted by molar-refractivity contribution is 7.98. The molecule has 0 aliphatic rings. The lowest BCUT2D eigenvalue weighted by molar-refractivity contribution is 0.597. The van der Waals surface area contributed by atoms with E-state index < -0.39 is 11.2 Å². The third kappa shape index (κ3) is 6.46. The minimum atomic E-state index is -0.619. The van der Waals surface area contributed by atoms with Gasteiger partial charge in [-0.15, -0.1) is 0 Å². The van der Waals surface area contributed by atoms with Crippen molar-refractivity contribution in [2.45, 2.75) is 25.5 Å². The van der Waals surface area contributed by atoms with Gasteiger partial charge in [-0.1, -0.05) is 41.0 Å². The number of rotatable bonds is 7. The molecule has 0 fully saturated rings. The molecule has 0 aromatic heterocycles. The van der Waals surface area contributed by atoms with E-state index in [4.69, 9.17) is 0 Å². The van der Waals surface area contributed by atoms with Crippen molar-refractivity contribution in [3.05, 3.63) is 35.4 Å². The summed E-state index contributed by atoms with van der Waals surface area (Å²) in [5, 5.41) is 0. The fraction of sp³-hybridized carbons (Fsp3) is 0.538. The molecule has 0 spiro atoms. The second kappa shape index (κ2) is 8.04. The zero-order valence-electron chi connectivity index (χ0n) is 10.1. The van der Waals surface area contributed by atoms with Gasteiger partial charge in [0.25, 0.3) is 0 Å². The Labute approximate surface area is 106 Å². The molecule has 3 heteroatoms. The first-order chi connectivity index (χ1) is 7.68. The summed E-state index contributed by atoms with van der Waals surface area (Å²) < 4.78 is 10.8. The van der Waals surface area contributed by atoms with Crippen molar-refractivity contribution in [3.8, 4) is 0 Å². The highest BCUT2D eigenvalue weighted by atomic mass is 32.2. The number of thioether (sulfide) groups is 1. The maximum absolute atomic E-state index is 10.8. The van der Waals surface area contributed by atoms with Gasteiger partial charge in [0.15, 0.2) is 0 Å². The van der Waals surface area contributed by atoms with E-state index in [1.54, 1.807) is 6.26 Å². The number of hydrogen-bond acceptors (Lipinski definition) is 2. The molecule has 0 bridgehead atoms. The topological polar surface area (TPSA) is 23.1 Å². The Bertz CT molecular complexity index is 282. The van der Waals surface area contributed by atoms with Crippen molar-refractivity contribution in [1.29, 1.82) is 0 Å². The van der Waals surface area contributed by atoms with E-state index >= 15 is 0 Å². The number of aryl methyl sites for hydroxylation is 1. The molecule has 1 atom stereocenters. The van der Waals surface area contributed by atoms with Crippen LogP contribution in [0.2, 0.25) is 0 Å². The monoisotopic (exact) mass is 256 g/mol. The van der Waals surface area contributed by atoms with Crippen molar-refractivity contribution in [1.82, 2.24) is 0 Å². The average Bonchev–Trinajstić information content (AvgIpc) is 2.25. The number of benzene rings is 1. The van der Waals surface area contributed by atoms with E-state index in [0.717, 1.165) is 17.9 Å². The Balaban J connectivity index is 2.05. The van der Waals surface area contributed by atoms with Crippen LogP contribution in [-0.4, -0.2) is 22.3 Å². The molecule has 0 radical (unpaired) electrons. The van der Waals surface area contributed by atoms with Crippen molar-refractivity contribution < 1.29 is 4.55 Å². The summed E-state index contributed by atoms with van der Waals surface area (Å²) >= 11 is 1.35. The third-order valence-electron chi connectivity index (χ3n) is 2.36. The summed E-state index contributed by atoms with van der Waals surface area (Å²) in [7, 11) is 0. The highest BCUT2D eigenvalue weighted by Crippen LogP contribution is 2.14. The summed E-state index contributed by atoms with van der Waals surface area (Å²) in [5.74, 6) is 3.12. The van der Waals surface area contributed by atoms with Crippen LogP contribution >= 0.6 is 11.8 Å². The summed E-state index contributed by atoms with van der Waals surface area (Å²) in [4.78, 5) is 0. The lowest BCUT2D eigenvalue weighted by atomic mass is 10.2. The zero-order chi connectivity index (χ0) is 11.8. The van der Waals surface area contributed by atoms with E-state index in [2.05, 4.69) is 31.2 Å². The molecule has 90 valence electrons. The lowest BCUT2D eigenvalue weighted by Gasteiger charge is -2.05. The van der Waals surface area contributed by atoms with Gasteiger partial charge in [-0.2, -0.15) is 11.8 Å². The summed E-state index contributed by atoms with van der Waals surface area (Å²) in [5.41, 5.74) is 2.72. The van der Waals surface area contributed by atoms with E-state index in [1.807, 2.05) is 11.8 Å². The average molecular weight is 256 g/mol. The normalized spacial score (nSPS) is 12.7. The fourth-order valence-corrected chi connectivity index (χ4v) is 2.98. The van der Waals surface area contributed by atoms with Crippen molar-refractivity contribution in [3.63, 3.8) is 0 Å². The van der Waals surface area contributed by atoms with Gasteiger partial charge in [0, 0.05) is 5.75 Å². The molecule has 0 N–H and O–H groups in total. The van der Waals surface area contributed by atoms with Crippen LogP contribution in [0.5, 0.6) is 0 Å². The number of hydrogen-bond donors (Lipinski definition) is 0. The largest absolute Gasteiger partial charge is 0.617 e. The fourth-order valence-electron chi connectivity index (χ4n) is 1.38. The van der Waals surface area contributed by atoms with Crippen LogP contribution in [0, 0.1) is 6.92 Å². The van der Waals surface area contributed by atoms with Gasteiger partial charge in [-0.25, -0.2) is 0 Å². The third-order valence-corrected chi connectivity index (χ3v) is 4.34. The second-order valence-electron chi connectivity index (χ2n) is 4.02. The molecule has 0 saturated carbocycles. The van der Waals surface area contributed by atoms with Crippen LogP contribution in [0.15, 0.2) is 24.3 Å². The van der Waals surface area contributed by atoms with Gasteiger partial charge in [0.2, 0.25) is 0 Å². The first-order valence-corrected chi connectivity index (χ1v) is 8.50. The molecule has 0 aliphatic carbocycles. The van der Waals surface area contributed by atoms with Gasteiger partial charge in [0.05, 0.1) is 6.26 Å². The van der Waals surface area contributed by atoms with Gasteiger partial charge >= 0.3 is 0 Å². The Morgan fingerprint density at radius 2 is 1.88 bits per heavy atom. The molecule has 0 saturated heterocycles. The summed E-state index contributed by atoms with van der Waals surface area (Å²) in [6.45, 7) is 2.11. The zero-order valence-corrected chi connectivity index (χ0v) is 11.7. The van der Waals surface area contributed by atoms with Crippen LogP contribution in [0.3, 0.4) is 0 Å². The molecule has 16 heavy (non-hydrogen) atoms. The Hall–Kier alpha value is -0.120. The predicted molar refractivity (Wildman–Crippen MR) is 75.5 cm³/mol. The molecule has 0 aliphatic heterocycles. The summed E-state index contributed by atoms with van der Waals surface area (Å²) in [6.07, 6.45) is 4.04. The molecular formula is C13H20OS2. The minimum absolute atomic E-state index is 0.619. The molecule has 1 aromatic rings. The lowest BCUT2D eigenvalue weighted by Crippen LogP contribution is -2.02. The van der Waals surface area contributed by atoms with Crippen molar-refractivity contribution in [2.75, 3.05) is 17.8 Å². The van der Waals surface area contributed by atoms with Gasteiger partial charge in [-0.3, -0.25) is 0 Å². The Kier molecular flexibility index (Phi) is 7.01. The Morgan fingerprint density at radius 1 is 1.19 bits per heavy atom. The predicted octanol–water partition coefficient (Wildman–Crippen LogP) is 3.39. The van der Waals surface area contributed by atoms with Gasteiger partial charge < -0.3 is 4.55 Å². The molecule has 0 heterocycles. The van der Waals surface area contributed by atoms with Crippen molar-refractivity contribution in [2.24, 2.45) is 0 Å². The molecule has 1 rings (SSSR count). The maximum Gasteiger partial charge on any atom is 0.105 e. The quantitative estimate of drug-likeness (QED) is 0.551. The molecule has 1 aromatic carbocycles. The van der Waals surface area contributed by atoms with Crippen LogP contribution < -0.4 is 0 Å². The maximum atomic E-state index is 10.8. The van der Waals surface area contributed by atoms with E-state index in [-0.39, 0.29) is 0 Å². The molecular weight excluding hydrogens is 236 g/mol. The smallest absolute Gasteiger partial charge is 0.105 e. The van der Waals surface area contributed by atoms with E-state index in [9.17, 15) is 4.55 Å². The standard InChI is InChI=1S/C13H20OS2/c1-12-5-7-13(8-6-12)11-15-9-3-4-10-16(2)14/h5-8H,3-4,9-11H2,1-2H3. The van der Waals surface area contributed by atoms with Crippen LogP contribution in [-0.2, 0) is 16.9 Å². The minimum Gasteiger partial charge on any atom is -0.617 e. The van der Waals surface area contributed by atoms with E-state index in [1.165, 1.54) is 23.3 Å². The van der Waals surface area contributed by atoms with Crippen LogP contribution in [0.4, 0.5) is 0 Å².